The van der Waals surface area contributed by atoms with Crippen molar-refractivity contribution in [2.45, 2.75) is 19.5 Å². The zero-order chi connectivity index (χ0) is 16.2. The van der Waals surface area contributed by atoms with E-state index in [2.05, 4.69) is 20.9 Å². The molecule has 0 saturated heterocycles. The summed E-state index contributed by atoms with van der Waals surface area (Å²) in [6.45, 7) is 1.24. The van der Waals surface area contributed by atoms with Crippen molar-refractivity contribution in [3.63, 3.8) is 0 Å². The Labute approximate surface area is 143 Å². The van der Waals surface area contributed by atoms with Crippen molar-refractivity contribution in [2.75, 3.05) is 7.05 Å². The number of hydrogen-bond acceptors (Lipinski definition) is 2. The molecule has 1 amide bonds. The molecule has 3 aromatic rings. The molecule has 0 aliphatic carbocycles. The minimum atomic E-state index is 0.124. The van der Waals surface area contributed by atoms with E-state index in [-0.39, 0.29) is 5.91 Å². The lowest BCUT2D eigenvalue weighted by molar-refractivity contribution is -0.130. The average Bonchev–Trinajstić information content (AvgIpc) is 2.98. The average molecular weight is 372 g/mol. The molecule has 0 N–H and O–H groups in total. The van der Waals surface area contributed by atoms with Crippen LogP contribution in [-0.2, 0) is 17.9 Å². The summed E-state index contributed by atoms with van der Waals surface area (Å²) in [5, 5.41) is 0. The quantitative estimate of drug-likeness (QED) is 0.683. The number of aryl methyl sites for hydroxylation is 1. The van der Waals surface area contributed by atoms with E-state index in [4.69, 9.17) is 0 Å². The van der Waals surface area contributed by atoms with Gasteiger partial charge in [0.15, 0.2) is 0 Å². The van der Waals surface area contributed by atoms with Crippen molar-refractivity contribution >= 4 is 32.9 Å². The third kappa shape index (κ3) is 3.62. The van der Waals surface area contributed by atoms with Gasteiger partial charge in [-0.3, -0.25) is 4.79 Å². The van der Waals surface area contributed by atoms with E-state index in [9.17, 15) is 4.79 Å². The zero-order valence-corrected chi connectivity index (χ0v) is 14.5. The summed E-state index contributed by atoms with van der Waals surface area (Å²) in [4.78, 5) is 18.5. The first-order valence-electron chi connectivity index (χ1n) is 7.52. The molecule has 0 radical (unpaired) electrons. The van der Waals surface area contributed by atoms with Crippen LogP contribution in [0.1, 0.15) is 12.0 Å². The molecule has 0 unspecified atom stereocenters. The number of para-hydroxylation sites is 2. The third-order valence-corrected chi connectivity index (χ3v) is 4.66. The molecular formula is C18H18BrN3O. The number of carbonyl (C=O) groups is 1. The predicted molar refractivity (Wildman–Crippen MR) is 95.0 cm³/mol. The van der Waals surface area contributed by atoms with Gasteiger partial charge in [0, 0.05) is 31.0 Å². The van der Waals surface area contributed by atoms with E-state index in [1.54, 1.807) is 11.2 Å². The van der Waals surface area contributed by atoms with Crippen LogP contribution in [0.3, 0.4) is 0 Å². The number of halogens is 1. The number of benzene rings is 2. The monoisotopic (exact) mass is 371 g/mol. The molecule has 0 fully saturated rings. The summed E-state index contributed by atoms with van der Waals surface area (Å²) in [7, 11) is 1.84. The van der Waals surface area contributed by atoms with Crippen LogP contribution in [0.4, 0.5) is 0 Å². The molecule has 0 aliphatic rings. The largest absolute Gasteiger partial charge is 0.341 e. The van der Waals surface area contributed by atoms with Crippen LogP contribution in [0.25, 0.3) is 11.0 Å². The normalized spacial score (nSPS) is 10.9. The summed E-state index contributed by atoms with van der Waals surface area (Å²) in [5.41, 5.74) is 3.13. The summed E-state index contributed by atoms with van der Waals surface area (Å²) in [6.07, 6.45) is 2.26. The number of hydrogen-bond donors (Lipinski definition) is 0. The van der Waals surface area contributed by atoms with Gasteiger partial charge in [-0.15, -0.1) is 0 Å². The van der Waals surface area contributed by atoms with Gasteiger partial charge in [-0.05, 0) is 23.8 Å². The highest BCUT2D eigenvalue weighted by molar-refractivity contribution is 9.10. The molecule has 118 valence electrons. The number of fused-ring (bicyclic) bond motifs is 1. The van der Waals surface area contributed by atoms with Crippen LogP contribution in [0.2, 0.25) is 0 Å². The summed E-state index contributed by atoms with van der Waals surface area (Å²) < 4.78 is 3.06. The summed E-state index contributed by atoms with van der Waals surface area (Å²) in [5.74, 6) is 0.124. The molecule has 0 bridgehead atoms. The highest BCUT2D eigenvalue weighted by Crippen LogP contribution is 2.18. The number of aromatic nitrogens is 2. The van der Waals surface area contributed by atoms with Gasteiger partial charge < -0.3 is 9.47 Å². The molecule has 1 heterocycles. The van der Waals surface area contributed by atoms with Crippen molar-refractivity contribution < 1.29 is 4.79 Å². The van der Waals surface area contributed by atoms with E-state index < -0.39 is 0 Å². The van der Waals surface area contributed by atoms with Crippen molar-refractivity contribution in [3.05, 3.63) is 64.9 Å². The van der Waals surface area contributed by atoms with Gasteiger partial charge >= 0.3 is 0 Å². The minimum absolute atomic E-state index is 0.124. The third-order valence-electron chi connectivity index (χ3n) is 3.89. The molecule has 0 spiro atoms. The molecule has 1 aromatic heterocycles. The van der Waals surface area contributed by atoms with E-state index in [0.29, 0.717) is 19.5 Å². The first kappa shape index (κ1) is 15.7. The molecule has 0 aliphatic heterocycles. The predicted octanol–water partition coefficient (Wildman–Crippen LogP) is 3.85. The van der Waals surface area contributed by atoms with Gasteiger partial charge in [0.05, 0.1) is 17.4 Å². The van der Waals surface area contributed by atoms with E-state index >= 15 is 0 Å². The van der Waals surface area contributed by atoms with Crippen LogP contribution in [0.15, 0.2) is 59.3 Å². The number of amides is 1. The molecular weight excluding hydrogens is 354 g/mol. The van der Waals surface area contributed by atoms with Crippen molar-refractivity contribution in [1.82, 2.24) is 14.5 Å². The Balaban J connectivity index is 1.62. The van der Waals surface area contributed by atoms with Crippen molar-refractivity contribution in [1.29, 1.82) is 0 Å². The molecule has 3 rings (SSSR count). The van der Waals surface area contributed by atoms with Gasteiger partial charge in [-0.2, -0.15) is 0 Å². The van der Waals surface area contributed by atoms with Crippen LogP contribution in [0.5, 0.6) is 0 Å². The second-order valence-electron chi connectivity index (χ2n) is 5.52. The first-order chi connectivity index (χ1) is 11.1. The topological polar surface area (TPSA) is 38.1 Å². The Bertz CT molecular complexity index is 828. The smallest absolute Gasteiger partial charge is 0.224 e. The Morgan fingerprint density at radius 3 is 2.74 bits per heavy atom. The fourth-order valence-corrected chi connectivity index (χ4v) is 2.98. The minimum Gasteiger partial charge on any atom is -0.341 e. The summed E-state index contributed by atoms with van der Waals surface area (Å²) >= 11 is 3.52. The molecule has 0 atom stereocenters. The maximum Gasteiger partial charge on any atom is 0.224 e. The van der Waals surface area contributed by atoms with Gasteiger partial charge in [-0.1, -0.05) is 46.3 Å². The Hall–Kier alpha value is -2.14. The van der Waals surface area contributed by atoms with E-state index in [1.165, 1.54) is 0 Å². The van der Waals surface area contributed by atoms with E-state index in [1.807, 2.05) is 60.1 Å². The fraction of sp³-hybridized carbons (Fsp3) is 0.222. The summed E-state index contributed by atoms with van der Waals surface area (Å²) in [6, 6.07) is 15.9. The van der Waals surface area contributed by atoms with Gasteiger partial charge in [0.2, 0.25) is 5.91 Å². The lowest BCUT2D eigenvalue weighted by Crippen LogP contribution is -2.27. The van der Waals surface area contributed by atoms with Crippen LogP contribution in [-0.4, -0.2) is 27.4 Å². The highest BCUT2D eigenvalue weighted by Gasteiger charge is 2.11. The van der Waals surface area contributed by atoms with Gasteiger partial charge in [0.1, 0.15) is 0 Å². The van der Waals surface area contributed by atoms with Crippen molar-refractivity contribution in [2.24, 2.45) is 0 Å². The second-order valence-corrected chi connectivity index (χ2v) is 6.37. The molecule has 5 heteroatoms. The van der Waals surface area contributed by atoms with Gasteiger partial charge in [-0.25, -0.2) is 4.98 Å². The first-order valence-corrected chi connectivity index (χ1v) is 8.31. The Morgan fingerprint density at radius 1 is 1.17 bits per heavy atom. The maximum atomic E-state index is 12.4. The van der Waals surface area contributed by atoms with Crippen LogP contribution < -0.4 is 0 Å². The van der Waals surface area contributed by atoms with E-state index in [0.717, 1.165) is 21.1 Å². The molecule has 4 nitrogen and oxygen atoms in total. The SMILES string of the molecule is CN(Cc1ccccc1Br)C(=O)CCn1cnc2ccccc21. The molecule has 23 heavy (non-hydrogen) atoms. The lowest BCUT2D eigenvalue weighted by Gasteiger charge is -2.18. The van der Waals surface area contributed by atoms with Crippen LogP contribution in [0, 0.1) is 0 Å². The highest BCUT2D eigenvalue weighted by atomic mass is 79.9. The molecule has 0 saturated carbocycles. The second kappa shape index (κ2) is 6.96. The number of imidazole rings is 1. The van der Waals surface area contributed by atoms with Crippen LogP contribution >= 0.6 is 15.9 Å². The number of nitrogens with zero attached hydrogens (tertiary/aromatic N) is 3. The maximum absolute atomic E-state index is 12.4. The number of carbonyl (C=O) groups excluding carboxylic acids is 1. The lowest BCUT2D eigenvalue weighted by atomic mass is 10.2. The van der Waals surface area contributed by atoms with Gasteiger partial charge in [0.25, 0.3) is 0 Å². The molecule has 2 aromatic carbocycles. The fourth-order valence-electron chi connectivity index (χ4n) is 2.57. The van der Waals surface area contributed by atoms with Crippen molar-refractivity contribution in [3.8, 4) is 0 Å². The zero-order valence-electron chi connectivity index (χ0n) is 12.9. The Morgan fingerprint density at radius 2 is 1.91 bits per heavy atom. The number of rotatable bonds is 5. The standard InChI is InChI=1S/C18H18BrN3O/c1-21(12-14-6-2-3-7-15(14)19)18(23)10-11-22-13-20-16-8-4-5-9-17(16)22/h2-9,13H,10-12H2,1H3. The Kier molecular flexibility index (Phi) is 4.76.